The molecular weight excluding hydrogens is 307 g/mol. The van der Waals surface area contributed by atoms with E-state index in [1.807, 2.05) is 31.2 Å². The molecule has 0 amide bonds. The van der Waals surface area contributed by atoms with Gasteiger partial charge in [-0.05, 0) is 54.3 Å². The molecule has 0 spiro atoms. The molecule has 0 radical (unpaired) electrons. The Labute approximate surface area is 121 Å². The monoisotopic (exact) mass is 322 g/mol. The van der Waals surface area contributed by atoms with Crippen LogP contribution < -0.4 is 4.74 Å². The molecular formula is C16H16BrFO. The topological polar surface area (TPSA) is 9.23 Å². The normalized spacial score (nSPS) is 12.2. The van der Waals surface area contributed by atoms with Crippen molar-refractivity contribution in [2.24, 2.45) is 0 Å². The van der Waals surface area contributed by atoms with Gasteiger partial charge in [0.25, 0.3) is 0 Å². The fraction of sp³-hybridized carbons (Fsp3) is 0.250. The summed E-state index contributed by atoms with van der Waals surface area (Å²) in [6, 6.07) is 12.9. The van der Waals surface area contributed by atoms with Crippen LogP contribution in [0.1, 0.15) is 21.5 Å². The Morgan fingerprint density at radius 1 is 1.21 bits per heavy atom. The van der Waals surface area contributed by atoms with Gasteiger partial charge in [-0.15, -0.1) is 0 Å². The number of hydrogen-bond acceptors (Lipinski definition) is 1. The Hall–Kier alpha value is -1.35. The average Bonchev–Trinajstić information content (AvgIpc) is 2.38. The number of aryl methyl sites for hydroxylation is 1. The van der Waals surface area contributed by atoms with Crippen LogP contribution in [0.25, 0.3) is 0 Å². The third-order valence-corrected chi connectivity index (χ3v) is 3.94. The Kier molecular flexibility index (Phi) is 4.59. The summed E-state index contributed by atoms with van der Waals surface area (Å²) in [5.74, 6) is 0.662. The van der Waals surface area contributed by atoms with Crippen LogP contribution in [-0.2, 0) is 6.42 Å². The summed E-state index contributed by atoms with van der Waals surface area (Å²) in [7, 11) is 1.66. The lowest BCUT2D eigenvalue weighted by Gasteiger charge is -2.14. The average molecular weight is 323 g/mol. The summed E-state index contributed by atoms with van der Waals surface area (Å²) in [6.45, 7) is 1.93. The van der Waals surface area contributed by atoms with Crippen LogP contribution in [0, 0.1) is 12.7 Å². The molecule has 0 fully saturated rings. The number of rotatable bonds is 4. The maximum absolute atomic E-state index is 13.1. The van der Waals surface area contributed by atoms with E-state index in [-0.39, 0.29) is 10.6 Å². The Bertz CT molecular complexity index is 568. The molecule has 1 nitrogen and oxygen atoms in total. The smallest absolute Gasteiger partial charge is 0.123 e. The van der Waals surface area contributed by atoms with Gasteiger partial charge in [0.2, 0.25) is 0 Å². The second-order valence-electron chi connectivity index (χ2n) is 4.52. The van der Waals surface area contributed by atoms with E-state index in [0.717, 1.165) is 23.3 Å². The van der Waals surface area contributed by atoms with Crippen LogP contribution >= 0.6 is 15.9 Å². The summed E-state index contributed by atoms with van der Waals surface area (Å²) >= 11 is 3.68. The van der Waals surface area contributed by atoms with E-state index in [9.17, 15) is 4.39 Å². The molecule has 2 aromatic carbocycles. The van der Waals surface area contributed by atoms with Crippen molar-refractivity contribution in [3.8, 4) is 5.75 Å². The van der Waals surface area contributed by atoms with Crippen LogP contribution in [0.15, 0.2) is 42.5 Å². The molecule has 2 rings (SSSR count). The lowest BCUT2D eigenvalue weighted by atomic mass is 10.0. The number of alkyl halides is 1. The van der Waals surface area contributed by atoms with Crippen LogP contribution in [0.4, 0.5) is 4.39 Å². The summed E-state index contributed by atoms with van der Waals surface area (Å²) < 4.78 is 18.3. The van der Waals surface area contributed by atoms with E-state index in [1.54, 1.807) is 13.2 Å². The second-order valence-corrected chi connectivity index (χ2v) is 5.63. The molecule has 2 aromatic rings. The molecule has 1 unspecified atom stereocenters. The zero-order chi connectivity index (χ0) is 13.8. The van der Waals surface area contributed by atoms with E-state index in [0.29, 0.717) is 0 Å². The Morgan fingerprint density at radius 3 is 2.68 bits per heavy atom. The number of ether oxygens (including phenoxy) is 1. The molecule has 0 aliphatic rings. The predicted octanol–water partition coefficient (Wildman–Crippen LogP) is 4.82. The van der Waals surface area contributed by atoms with Crippen molar-refractivity contribution < 1.29 is 9.13 Å². The Morgan fingerprint density at radius 2 is 2.00 bits per heavy atom. The van der Waals surface area contributed by atoms with Gasteiger partial charge in [0.15, 0.2) is 0 Å². The number of halogens is 2. The van der Waals surface area contributed by atoms with E-state index in [4.69, 9.17) is 4.74 Å². The molecule has 1 atom stereocenters. The maximum atomic E-state index is 13.1. The van der Waals surface area contributed by atoms with E-state index < -0.39 is 0 Å². The lowest BCUT2D eigenvalue weighted by Crippen LogP contribution is -1.99. The van der Waals surface area contributed by atoms with Crippen molar-refractivity contribution in [2.45, 2.75) is 18.2 Å². The first-order valence-electron chi connectivity index (χ1n) is 6.13. The minimum absolute atomic E-state index is 0.167. The SMILES string of the molecule is COc1cccc(CC(Br)c2ccc(F)cc2C)c1. The minimum atomic E-state index is -0.192. The summed E-state index contributed by atoms with van der Waals surface area (Å²) in [4.78, 5) is 0.167. The quantitative estimate of drug-likeness (QED) is 0.733. The molecule has 0 aromatic heterocycles. The fourth-order valence-electron chi connectivity index (χ4n) is 2.11. The van der Waals surface area contributed by atoms with Crippen LogP contribution in [-0.4, -0.2) is 7.11 Å². The standard InChI is InChI=1S/C16H16BrFO/c1-11-8-13(18)6-7-15(11)16(17)10-12-4-3-5-14(9-12)19-2/h3-9,16H,10H2,1-2H3. The Balaban J connectivity index is 2.17. The van der Waals surface area contributed by atoms with Gasteiger partial charge < -0.3 is 4.74 Å². The molecule has 0 heterocycles. The van der Waals surface area contributed by atoms with Gasteiger partial charge in [-0.2, -0.15) is 0 Å². The molecule has 19 heavy (non-hydrogen) atoms. The van der Waals surface area contributed by atoms with Crippen molar-refractivity contribution >= 4 is 15.9 Å². The second kappa shape index (κ2) is 6.20. The molecule has 0 saturated carbocycles. The van der Waals surface area contributed by atoms with Crippen molar-refractivity contribution in [1.29, 1.82) is 0 Å². The molecule has 0 N–H and O–H groups in total. The summed E-state index contributed by atoms with van der Waals surface area (Å²) in [5, 5.41) is 0. The van der Waals surface area contributed by atoms with Crippen molar-refractivity contribution in [3.05, 3.63) is 65.0 Å². The van der Waals surface area contributed by atoms with Crippen molar-refractivity contribution in [3.63, 3.8) is 0 Å². The molecule has 0 aliphatic carbocycles. The fourth-order valence-corrected chi connectivity index (χ4v) is 2.99. The highest BCUT2D eigenvalue weighted by Crippen LogP contribution is 2.30. The van der Waals surface area contributed by atoms with E-state index >= 15 is 0 Å². The number of hydrogen-bond donors (Lipinski definition) is 0. The van der Waals surface area contributed by atoms with Gasteiger partial charge in [-0.25, -0.2) is 4.39 Å². The van der Waals surface area contributed by atoms with E-state index in [2.05, 4.69) is 22.0 Å². The minimum Gasteiger partial charge on any atom is -0.497 e. The lowest BCUT2D eigenvalue weighted by molar-refractivity contribution is 0.414. The summed E-state index contributed by atoms with van der Waals surface area (Å²) in [5.41, 5.74) is 3.26. The van der Waals surface area contributed by atoms with Crippen molar-refractivity contribution in [2.75, 3.05) is 7.11 Å². The third kappa shape index (κ3) is 3.57. The molecule has 0 saturated heterocycles. The van der Waals surface area contributed by atoms with Gasteiger partial charge >= 0.3 is 0 Å². The van der Waals surface area contributed by atoms with Crippen molar-refractivity contribution in [1.82, 2.24) is 0 Å². The first-order valence-corrected chi connectivity index (χ1v) is 7.05. The van der Waals surface area contributed by atoms with Gasteiger partial charge in [-0.3, -0.25) is 0 Å². The number of methoxy groups -OCH3 is 1. The molecule has 3 heteroatoms. The largest absolute Gasteiger partial charge is 0.497 e. The van der Waals surface area contributed by atoms with Gasteiger partial charge in [0.1, 0.15) is 11.6 Å². The molecule has 0 aliphatic heterocycles. The first-order chi connectivity index (χ1) is 9.10. The highest BCUT2D eigenvalue weighted by Gasteiger charge is 2.12. The molecule has 100 valence electrons. The maximum Gasteiger partial charge on any atom is 0.123 e. The van der Waals surface area contributed by atoms with E-state index in [1.165, 1.54) is 11.6 Å². The van der Waals surface area contributed by atoms with Gasteiger partial charge in [0, 0.05) is 4.83 Å². The van der Waals surface area contributed by atoms with Gasteiger partial charge in [-0.1, -0.05) is 34.1 Å². The highest BCUT2D eigenvalue weighted by atomic mass is 79.9. The zero-order valence-electron chi connectivity index (χ0n) is 11.0. The number of benzene rings is 2. The third-order valence-electron chi connectivity index (χ3n) is 3.12. The summed E-state index contributed by atoms with van der Waals surface area (Å²) in [6.07, 6.45) is 0.837. The van der Waals surface area contributed by atoms with Crippen LogP contribution in [0.3, 0.4) is 0 Å². The van der Waals surface area contributed by atoms with Crippen LogP contribution in [0.5, 0.6) is 5.75 Å². The van der Waals surface area contributed by atoms with Gasteiger partial charge in [0.05, 0.1) is 7.11 Å². The first kappa shape index (κ1) is 14.1. The zero-order valence-corrected chi connectivity index (χ0v) is 12.6. The van der Waals surface area contributed by atoms with Crippen LogP contribution in [0.2, 0.25) is 0 Å². The highest BCUT2D eigenvalue weighted by molar-refractivity contribution is 9.09. The predicted molar refractivity (Wildman–Crippen MR) is 79.5 cm³/mol. The molecule has 0 bridgehead atoms.